The first-order valence-electron chi connectivity index (χ1n) is 13.7. The normalized spacial score (nSPS) is 16.9. The summed E-state index contributed by atoms with van der Waals surface area (Å²) < 4.78 is 135. The molecule has 0 unspecified atom stereocenters. The lowest BCUT2D eigenvalue weighted by molar-refractivity contribution is 0.103. The third-order valence-corrected chi connectivity index (χ3v) is 5.18. The van der Waals surface area contributed by atoms with Crippen LogP contribution < -0.4 is 4.72 Å². The van der Waals surface area contributed by atoms with Crippen molar-refractivity contribution in [2.45, 2.75) is 13.3 Å². The Morgan fingerprint density at radius 2 is 2.19 bits per heavy atom. The van der Waals surface area contributed by atoms with Gasteiger partial charge in [-0.25, -0.2) is 22.2 Å². The number of H-pyrrole nitrogens is 1. The average Bonchev–Trinajstić information content (AvgIpc) is 3.20. The number of halogens is 2. The van der Waals surface area contributed by atoms with Crippen molar-refractivity contribution in [1.82, 2.24) is 15.0 Å². The van der Waals surface area contributed by atoms with Gasteiger partial charge < -0.3 is 4.98 Å². The molecular weight excluding hydrogens is 438 g/mol. The maximum absolute atomic E-state index is 15.7. The number of hydrogen-bond acceptors (Lipinski definition) is 5. The van der Waals surface area contributed by atoms with E-state index in [4.69, 9.17) is 13.7 Å². The van der Waals surface area contributed by atoms with Crippen molar-refractivity contribution in [2.75, 3.05) is 10.4 Å². The number of pyridine rings is 2. The van der Waals surface area contributed by atoms with Crippen molar-refractivity contribution in [3.05, 3.63) is 77.8 Å². The van der Waals surface area contributed by atoms with Gasteiger partial charge >= 0.3 is 0 Å². The zero-order valence-electron chi connectivity index (χ0n) is 25.8. The van der Waals surface area contributed by atoms with Crippen LogP contribution in [-0.4, -0.2) is 34.9 Å². The van der Waals surface area contributed by atoms with E-state index in [0.717, 1.165) is 0 Å². The van der Waals surface area contributed by atoms with E-state index in [9.17, 15) is 13.2 Å². The SMILES string of the molecule is [2H]c1nc2[nH]c([2H])c(C(=O)c3c(F)c([2H])c([2H])c(NS(=O)(=O)C([2H])([2H])CC([2H])([2H])[2H])c3F)c2c([2H])c1-c1cccnc1. The number of nitrogens with one attached hydrogen (secondary N) is 2. The number of nitrogens with zero attached hydrogens (tertiary/aromatic N) is 2. The van der Waals surface area contributed by atoms with E-state index in [1.807, 2.05) is 0 Å². The van der Waals surface area contributed by atoms with E-state index < -0.39 is 99.1 Å². The Balaban J connectivity index is 1.93. The zero-order valence-corrected chi connectivity index (χ0v) is 16.6. The van der Waals surface area contributed by atoms with E-state index in [1.54, 1.807) is 0 Å². The van der Waals surface area contributed by atoms with Crippen LogP contribution in [0.15, 0.2) is 55.0 Å². The topological polar surface area (TPSA) is 105 Å². The molecule has 0 fully saturated rings. The van der Waals surface area contributed by atoms with Crippen LogP contribution in [0.1, 0.15) is 42.9 Å². The summed E-state index contributed by atoms with van der Waals surface area (Å²) in [6, 6.07) is -0.485. The van der Waals surface area contributed by atoms with Crippen LogP contribution in [0.5, 0.6) is 0 Å². The highest BCUT2D eigenvalue weighted by molar-refractivity contribution is 7.92. The van der Waals surface area contributed by atoms with Gasteiger partial charge in [0.05, 0.1) is 23.8 Å². The second-order valence-electron chi connectivity index (χ2n) is 6.20. The minimum Gasteiger partial charge on any atom is -0.345 e. The minimum absolute atomic E-state index is 0.141. The van der Waals surface area contributed by atoms with Crippen molar-refractivity contribution in [1.29, 1.82) is 0 Å². The number of rotatable bonds is 7. The van der Waals surface area contributed by atoms with Crippen LogP contribution in [0.3, 0.4) is 0 Å². The van der Waals surface area contributed by atoms with Gasteiger partial charge in [0.1, 0.15) is 11.5 Å². The first-order valence-corrected chi connectivity index (χ1v) is 10.2. The Bertz CT molecular complexity index is 1870. The zero-order chi connectivity index (χ0) is 31.5. The highest BCUT2D eigenvalue weighted by Crippen LogP contribution is 2.29. The Morgan fingerprint density at radius 1 is 1.34 bits per heavy atom. The lowest BCUT2D eigenvalue weighted by atomic mass is 10.00. The van der Waals surface area contributed by atoms with Crippen LogP contribution in [0.4, 0.5) is 14.5 Å². The Hall–Kier alpha value is -3.66. The van der Waals surface area contributed by atoms with Crippen LogP contribution in [0.2, 0.25) is 0 Å². The summed E-state index contributed by atoms with van der Waals surface area (Å²) >= 11 is 0. The van der Waals surface area contributed by atoms with E-state index in [1.165, 1.54) is 29.2 Å². The quantitative estimate of drug-likeness (QED) is 0.396. The Labute approximate surface area is 196 Å². The molecule has 0 radical (unpaired) electrons. The minimum atomic E-state index is -5.47. The summed E-state index contributed by atoms with van der Waals surface area (Å²) in [6.07, 6.45) is -0.102. The second-order valence-corrected chi connectivity index (χ2v) is 7.70. The summed E-state index contributed by atoms with van der Waals surface area (Å²) in [6.45, 7) is -3.10. The van der Waals surface area contributed by atoms with Gasteiger partial charge in [0.25, 0.3) is 0 Å². The molecular formula is C22H18F2N4O3S. The molecule has 4 rings (SSSR count). The third-order valence-electron chi connectivity index (χ3n) is 4.18. The molecule has 0 aliphatic rings. The molecule has 0 aliphatic heterocycles. The van der Waals surface area contributed by atoms with E-state index in [2.05, 4.69) is 15.0 Å². The first-order chi connectivity index (χ1) is 19.3. The van der Waals surface area contributed by atoms with Gasteiger partial charge in [0.15, 0.2) is 5.82 Å². The molecule has 0 saturated heterocycles. The van der Waals surface area contributed by atoms with Crippen LogP contribution >= 0.6 is 0 Å². The van der Waals surface area contributed by atoms with Crippen molar-refractivity contribution >= 4 is 32.5 Å². The van der Waals surface area contributed by atoms with E-state index in [0.29, 0.717) is 0 Å². The van der Waals surface area contributed by atoms with Crippen LogP contribution in [-0.2, 0) is 10.0 Å². The maximum Gasteiger partial charge on any atom is 0.232 e. The van der Waals surface area contributed by atoms with Gasteiger partial charge in [-0.15, -0.1) is 0 Å². The van der Waals surface area contributed by atoms with Crippen molar-refractivity contribution in [3.63, 3.8) is 0 Å². The second kappa shape index (κ2) is 8.46. The van der Waals surface area contributed by atoms with E-state index in [-0.39, 0.29) is 16.8 Å². The van der Waals surface area contributed by atoms with Crippen molar-refractivity contribution in [3.8, 4) is 11.1 Å². The molecule has 7 nitrogen and oxygen atoms in total. The summed E-state index contributed by atoms with van der Waals surface area (Å²) in [5.74, 6) is -5.63. The lowest BCUT2D eigenvalue weighted by Gasteiger charge is -2.11. The molecule has 32 heavy (non-hydrogen) atoms. The number of aromatic amines is 1. The molecule has 0 aliphatic carbocycles. The molecule has 1 aromatic carbocycles. The molecule has 10 heteroatoms. The first kappa shape index (κ1) is 12.4. The number of aromatic nitrogens is 3. The highest BCUT2D eigenvalue weighted by atomic mass is 32.2. The fourth-order valence-corrected chi connectivity index (χ4v) is 3.44. The number of fused-ring (bicyclic) bond motifs is 1. The van der Waals surface area contributed by atoms with Crippen LogP contribution in [0.25, 0.3) is 22.2 Å². The predicted octanol–water partition coefficient (Wildman–Crippen LogP) is 4.29. The van der Waals surface area contributed by atoms with Crippen molar-refractivity contribution in [2.24, 2.45) is 0 Å². The number of benzene rings is 1. The average molecular weight is 467 g/mol. The van der Waals surface area contributed by atoms with Crippen LogP contribution in [0, 0.1) is 11.6 Å². The van der Waals surface area contributed by atoms with Gasteiger partial charge in [-0.3, -0.25) is 14.5 Å². The smallest absolute Gasteiger partial charge is 0.232 e. The summed E-state index contributed by atoms with van der Waals surface area (Å²) in [7, 11) is -5.47. The molecule has 4 aromatic rings. The van der Waals surface area contributed by atoms with Gasteiger partial charge in [0.2, 0.25) is 15.8 Å². The number of ketones is 1. The summed E-state index contributed by atoms with van der Waals surface area (Å²) in [5.41, 5.74) is -7.78. The van der Waals surface area contributed by atoms with Crippen molar-refractivity contribution < 1.29 is 35.7 Å². The highest BCUT2D eigenvalue weighted by Gasteiger charge is 2.26. The fourth-order valence-electron chi connectivity index (χ4n) is 2.77. The van der Waals surface area contributed by atoms with Gasteiger partial charge in [-0.2, -0.15) is 0 Å². The van der Waals surface area contributed by atoms with Gasteiger partial charge in [0, 0.05) is 53.7 Å². The summed E-state index contributed by atoms with van der Waals surface area (Å²) in [4.78, 5) is 23.7. The third kappa shape index (κ3) is 4.09. The lowest BCUT2D eigenvalue weighted by Crippen LogP contribution is -2.18. The van der Waals surface area contributed by atoms with Gasteiger partial charge in [-0.05, 0) is 30.6 Å². The molecule has 2 N–H and O–H groups in total. The fraction of sp³-hybridized carbons (Fsp3) is 0.136. The maximum atomic E-state index is 15.7. The number of sulfonamides is 1. The predicted molar refractivity (Wildman–Crippen MR) is 117 cm³/mol. The summed E-state index contributed by atoms with van der Waals surface area (Å²) in [5, 5.41) is -0.434. The molecule has 3 heterocycles. The Morgan fingerprint density at radius 3 is 2.94 bits per heavy atom. The molecule has 0 saturated carbocycles. The molecule has 0 amide bonds. The molecule has 164 valence electrons. The number of hydrogen-bond donors (Lipinski definition) is 2. The standard InChI is InChI=1S/C22H18F2N4O3S/c1-2-8-32(30,31)28-18-6-5-17(23)19(20(18)24)21(29)16-12-27-22-15(16)9-14(11-26-22)13-4-3-7-25-10-13/h3-7,9-12,28H,2,8H2,1H3,(H,26,27)/i1D3,5D,6D,8D2,9D,11D,12D. The monoisotopic (exact) mass is 466 g/mol. The number of anilines is 1. The molecule has 0 spiro atoms. The molecule has 0 atom stereocenters. The Kier molecular flexibility index (Phi) is 3.28. The largest absolute Gasteiger partial charge is 0.345 e. The number of carbonyl (C=O) groups excluding carboxylic acids is 1. The van der Waals surface area contributed by atoms with Gasteiger partial charge in [-0.1, -0.05) is 12.9 Å². The molecule has 3 aromatic heterocycles. The molecule has 0 bridgehead atoms. The van der Waals surface area contributed by atoms with E-state index >= 15 is 8.78 Å². The number of carbonyl (C=O) groups is 1.